The third-order valence-corrected chi connectivity index (χ3v) is 8.40. The zero-order chi connectivity index (χ0) is 23.9. The fourth-order valence-electron chi connectivity index (χ4n) is 5.06. The fourth-order valence-corrected chi connectivity index (χ4v) is 5.06. The molecule has 4 radical (unpaired) electrons. The molecule has 0 bridgehead atoms. The van der Waals surface area contributed by atoms with Gasteiger partial charge < -0.3 is 5.11 Å². The summed E-state index contributed by atoms with van der Waals surface area (Å²) in [7, 11) is 12.0. The van der Waals surface area contributed by atoms with Crippen molar-refractivity contribution in [3.63, 3.8) is 0 Å². The lowest BCUT2D eigenvalue weighted by atomic mass is 9.50. The van der Waals surface area contributed by atoms with E-state index in [9.17, 15) is 9.90 Å². The van der Waals surface area contributed by atoms with Gasteiger partial charge in [0.15, 0.2) is 0 Å². The molecule has 30 heavy (non-hydrogen) atoms. The highest BCUT2D eigenvalue weighted by molar-refractivity contribution is 6.41. The molecule has 0 saturated heterocycles. The molecule has 2 unspecified atom stereocenters. The summed E-state index contributed by atoms with van der Waals surface area (Å²) in [5.41, 5.74) is -0.0217. The van der Waals surface area contributed by atoms with E-state index in [1.165, 1.54) is 0 Å². The molecule has 0 heterocycles. The van der Waals surface area contributed by atoms with Gasteiger partial charge in [-0.25, -0.2) is 0 Å². The number of benzene rings is 1. The second-order valence-electron chi connectivity index (χ2n) is 11.9. The quantitative estimate of drug-likeness (QED) is 0.607. The number of phenolic OH excluding ortho intramolecular Hbond substituents is 1. The molecule has 0 aliphatic carbocycles. The molecule has 1 aromatic rings. The Kier molecular flexibility index (Phi) is 7.52. The highest BCUT2D eigenvalue weighted by atomic mass is 16.3. The summed E-state index contributed by atoms with van der Waals surface area (Å²) in [6.45, 7) is 23.8. The molecule has 0 aliphatic heterocycles. The van der Waals surface area contributed by atoms with Crippen molar-refractivity contribution in [2.45, 2.75) is 101 Å². The Hall–Kier alpha value is -1.18. The molecule has 1 N–H and O–H groups in total. The predicted molar refractivity (Wildman–Crippen MR) is 132 cm³/mol. The number of aromatic hydroxyl groups is 1. The summed E-state index contributed by atoms with van der Waals surface area (Å²) >= 11 is 0. The largest absolute Gasteiger partial charge is 0.509 e. The average Bonchev–Trinajstić information content (AvgIpc) is 2.61. The van der Waals surface area contributed by atoms with Gasteiger partial charge in [-0.2, -0.15) is 0 Å². The van der Waals surface area contributed by atoms with Gasteiger partial charge in [-0.05, 0) is 41.1 Å². The molecule has 0 aliphatic rings. The molecular formula is C26H42B2O2. The zero-order valence-electron chi connectivity index (χ0n) is 21.3. The third-order valence-electron chi connectivity index (χ3n) is 8.40. The van der Waals surface area contributed by atoms with Gasteiger partial charge >= 0.3 is 0 Å². The second kappa shape index (κ2) is 8.40. The van der Waals surface area contributed by atoms with Crippen molar-refractivity contribution in [1.29, 1.82) is 0 Å². The normalized spacial score (nSPS) is 17.3. The Bertz CT molecular complexity index is 766. The Morgan fingerprint density at radius 1 is 0.833 bits per heavy atom. The van der Waals surface area contributed by atoms with Gasteiger partial charge in [-0.1, -0.05) is 99.2 Å². The first-order valence-electron chi connectivity index (χ1n) is 11.2. The maximum Gasteiger partial charge on any atom is 0.145 e. The lowest BCUT2D eigenvalue weighted by molar-refractivity contribution is -0.153. The zero-order valence-corrected chi connectivity index (χ0v) is 21.3. The van der Waals surface area contributed by atoms with Crippen LogP contribution in [0.5, 0.6) is 5.75 Å². The van der Waals surface area contributed by atoms with Crippen LogP contribution in [0.3, 0.4) is 0 Å². The van der Waals surface area contributed by atoms with E-state index in [2.05, 4.69) is 76.2 Å². The van der Waals surface area contributed by atoms with Crippen LogP contribution in [-0.2, 0) is 10.2 Å². The Labute approximate surface area is 188 Å². The number of rotatable bonds is 8. The maximum absolute atomic E-state index is 14.1. The van der Waals surface area contributed by atoms with E-state index >= 15 is 0 Å². The minimum atomic E-state index is -0.490. The first kappa shape index (κ1) is 26.9. The highest BCUT2D eigenvalue weighted by Crippen LogP contribution is 2.56. The summed E-state index contributed by atoms with van der Waals surface area (Å²) in [5, 5.41) is 9.97. The van der Waals surface area contributed by atoms with Crippen LogP contribution in [0.25, 0.3) is 0 Å². The van der Waals surface area contributed by atoms with Crippen molar-refractivity contribution in [1.82, 2.24) is 0 Å². The van der Waals surface area contributed by atoms with Crippen LogP contribution in [0.4, 0.5) is 0 Å². The van der Waals surface area contributed by atoms with E-state index in [1.54, 1.807) is 12.1 Å². The summed E-state index contributed by atoms with van der Waals surface area (Å²) in [5.74, 6) is 0.282. The Morgan fingerprint density at radius 3 is 1.57 bits per heavy atom. The van der Waals surface area contributed by atoms with Crippen molar-refractivity contribution < 1.29 is 9.90 Å². The van der Waals surface area contributed by atoms with Gasteiger partial charge in [-0.3, -0.25) is 4.79 Å². The molecule has 4 heteroatoms. The number of ketones is 1. The van der Waals surface area contributed by atoms with Gasteiger partial charge in [0.25, 0.3) is 0 Å². The van der Waals surface area contributed by atoms with Gasteiger partial charge in [0, 0.05) is 10.8 Å². The number of phenols is 1. The molecule has 0 saturated carbocycles. The summed E-state index contributed by atoms with van der Waals surface area (Å²) < 4.78 is 0. The van der Waals surface area contributed by atoms with E-state index in [4.69, 9.17) is 15.7 Å². The minimum Gasteiger partial charge on any atom is -0.509 e. The van der Waals surface area contributed by atoms with E-state index in [-0.39, 0.29) is 32.9 Å². The van der Waals surface area contributed by atoms with Crippen molar-refractivity contribution >= 4 is 32.4 Å². The Morgan fingerprint density at radius 2 is 1.23 bits per heavy atom. The molecule has 0 fully saturated rings. The standard InChI is InChI=1S/C26H42B2O2/c1-12-25(10,22(3,4)5)21(30)26(11,13-2)24(8,9)16-23(6,7)17-14-18(27)20(29)19(28)15-17/h14-15,29H,12-13,16H2,1-11H3. The van der Waals surface area contributed by atoms with Crippen LogP contribution in [0.15, 0.2) is 12.1 Å². The van der Waals surface area contributed by atoms with Crippen LogP contribution in [-0.4, -0.2) is 26.6 Å². The van der Waals surface area contributed by atoms with E-state index < -0.39 is 10.8 Å². The average molecular weight is 408 g/mol. The molecule has 0 aromatic heterocycles. The van der Waals surface area contributed by atoms with Gasteiger partial charge in [0.2, 0.25) is 0 Å². The number of hydrogen-bond donors (Lipinski definition) is 1. The first-order chi connectivity index (χ1) is 13.3. The second-order valence-corrected chi connectivity index (χ2v) is 11.9. The maximum atomic E-state index is 14.1. The topological polar surface area (TPSA) is 37.3 Å². The van der Waals surface area contributed by atoms with E-state index in [1.807, 2.05) is 0 Å². The smallest absolute Gasteiger partial charge is 0.145 e. The summed E-state index contributed by atoms with van der Waals surface area (Å²) in [4.78, 5) is 14.1. The molecule has 2 nitrogen and oxygen atoms in total. The summed E-state index contributed by atoms with van der Waals surface area (Å²) in [6.07, 6.45) is 2.37. The molecule has 0 amide bonds. The van der Waals surface area contributed by atoms with Crippen LogP contribution in [0.1, 0.15) is 101 Å². The highest BCUT2D eigenvalue weighted by Gasteiger charge is 2.55. The minimum absolute atomic E-state index is 0.0636. The SMILES string of the molecule is [B]c1cc(C(C)(C)CC(C)(C)C(C)(CC)C(=O)C(C)(CC)C(C)(C)C)cc([B])c1O. The fraction of sp³-hybridized carbons (Fsp3) is 0.731. The molecule has 2 atom stereocenters. The molecular weight excluding hydrogens is 366 g/mol. The molecule has 1 aromatic carbocycles. The van der Waals surface area contributed by atoms with E-state index in [0.717, 1.165) is 24.8 Å². The van der Waals surface area contributed by atoms with Gasteiger partial charge in [0.1, 0.15) is 27.2 Å². The summed E-state index contributed by atoms with van der Waals surface area (Å²) in [6, 6.07) is 3.61. The van der Waals surface area contributed by atoms with Crippen molar-refractivity contribution in [3.05, 3.63) is 17.7 Å². The van der Waals surface area contributed by atoms with Crippen molar-refractivity contribution in [2.24, 2.45) is 21.7 Å². The van der Waals surface area contributed by atoms with E-state index in [0.29, 0.717) is 5.78 Å². The Balaban J connectivity index is 3.47. The van der Waals surface area contributed by atoms with Crippen molar-refractivity contribution in [2.75, 3.05) is 0 Å². The third kappa shape index (κ3) is 4.53. The molecule has 1 rings (SSSR count). The van der Waals surface area contributed by atoms with Crippen LogP contribution in [0, 0.1) is 21.7 Å². The predicted octanol–water partition coefficient (Wildman–Crippen LogP) is 5.12. The number of carbonyl (C=O) groups is 1. The lowest BCUT2D eigenvalue weighted by Gasteiger charge is -2.53. The van der Waals surface area contributed by atoms with Crippen molar-refractivity contribution in [3.8, 4) is 5.75 Å². The van der Waals surface area contributed by atoms with Gasteiger partial charge in [-0.15, -0.1) is 0 Å². The van der Waals surface area contributed by atoms with Crippen LogP contribution < -0.4 is 10.9 Å². The van der Waals surface area contributed by atoms with Crippen LogP contribution >= 0.6 is 0 Å². The first-order valence-corrected chi connectivity index (χ1v) is 11.2. The van der Waals surface area contributed by atoms with Crippen LogP contribution in [0.2, 0.25) is 0 Å². The number of Topliss-reactive ketones (excluding diaryl/α,β-unsaturated/α-hetero) is 1. The lowest BCUT2D eigenvalue weighted by Crippen LogP contribution is -2.54. The molecule has 0 spiro atoms. The number of hydrogen-bond acceptors (Lipinski definition) is 2. The monoisotopic (exact) mass is 408 g/mol. The van der Waals surface area contributed by atoms with Gasteiger partial charge in [0.05, 0.1) is 0 Å². The number of carbonyl (C=O) groups excluding carboxylic acids is 1. The molecule has 164 valence electrons.